The summed E-state index contributed by atoms with van der Waals surface area (Å²) in [6.45, 7) is 0.563. The molecule has 0 amide bonds. The summed E-state index contributed by atoms with van der Waals surface area (Å²) in [6.07, 6.45) is 0.853. The first-order valence-corrected chi connectivity index (χ1v) is 7.14. The summed E-state index contributed by atoms with van der Waals surface area (Å²) in [5.74, 6) is 1.71. The van der Waals surface area contributed by atoms with Gasteiger partial charge >= 0.3 is 0 Å². The summed E-state index contributed by atoms with van der Waals surface area (Å²) >= 11 is 6.02. The van der Waals surface area contributed by atoms with Gasteiger partial charge in [0.15, 0.2) is 5.58 Å². The molecule has 2 aromatic carbocycles. The first-order chi connectivity index (χ1) is 10.2. The van der Waals surface area contributed by atoms with Gasteiger partial charge in [0.25, 0.3) is 0 Å². The molecule has 2 heterocycles. The molecular formula is C16H13ClN2O2. The fourth-order valence-electron chi connectivity index (χ4n) is 2.64. The van der Waals surface area contributed by atoms with Crippen molar-refractivity contribution in [2.75, 3.05) is 12.3 Å². The number of halogens is 1. The summed E-state index contributed by atoms with van der Waals surface area (Å²) in [4.78, 5) is 4.52. The molecule has 4 rings (SSSR count). The smallest absolute Gasteiger partial charge is 0.202 e. The van der Waals surface area contributed by atoms with Crippen molar-refractivity contribution >= 4 is 28.4 Å². The minimum absolute atomic E-state index is 0.104. The van der Waals surface area contributed by atoms with E-state index in [1.165, 1.54) is 5.56 Å². The van der Waals surface area contributed by atoms with E-state index in [0.717, 1.165) is 17.7 Å². The van der Waals surface area contributed by atoms with Gasteiger partial charge in [-0.25, -0.2) is 4.98 Å². The number of anilines is 1. The predicted octanol–water partition coefficient (Wildman–Crippen LogP) is 3.78. The summed E-state index contributed by atoms with van der Waals surface area (Å²) in [5.41, 5.74) is 8.85. The summed E-state index contributed by atoms with van der Waals surface area (Å²) in [5, 5.41) is 0.493. The maximum atomic E-state index is 6.02. The minimum Gasteiger partial charge on any atom is -0.492 e. The number of benzene rings is 2. The fraction of sp³-hybridized carbons (Fsp3) is 0.188. The van der Waals surface area contributed by atoms with Crippen molar-refractivity contribution in [3.8, 4) is 5.75 Å². The van der Waals surface area contributed by atoms with Crippen LogP contribution in [0.4, 0.5) is 5.69 Å². The summed E-state index contributed by atoms with van der Waals surface area (Å²) in [6, 6.07) is 11.5. The molecule has 0 saturated heterocycles. The van der Waals surface area contributed by atoms with Gasteiger partial charge in [0, 0.05) is 6.07 Å². The quantitative estimate of drug-likeness (QED) is 0.695. The monoisotopic (exact) mass is 300 g/mol. The van der Waals surface area contributed by atoms with Gasteiger partial charge in [-0.15, -0.1) is 0 Å². The van der Waals surface area contributed by atoms with Crippen molar-refractivity contribution in [3.63, 3.8) is 0 Å². The second-order valence-electron chi connectivity index (χ2n) is 5.21. The van der Waals surface area contributed by atoms with Gasteiger partial charge < -0.3 is 14.9 Å². The third-order valence-corrected chi connectivity index (χ3v) is 4.08. The number of nitrogens with zero attached hydrogens (tertiary/aromatic N) is 1. The molecule has 0 spiro atoms. The standard InChI is InChI=1S/C16H13ClN2O2/c17-11-6-13-15(7-12(11)18)21-16(19-13)10-5-9-3-1-2-4-14(9)20-8-10/h1-4,6-7,10H,5,8,18H2. The Morgan fingerprint density at radius 1 is 1.24 bits per heavy atom. The van der Waals surface area contributed by atoms with Gasteiger partial charge in [0.05, 0.1) is 16.6 Å². The zero-order valence-corrected chi connectivity index (χ0v) is 11.9. The number of para-hydroxylation sites is 1. The van der Waals surface area contributed by atoms with Crippen molar-refractivity contribution in [1.29, 1.82) is 0 Å². The third-order valence-electron chi connectivity index (χ3n) is 3.75. The van der Waals surface area contributed by atoms with E-state index in [1.807, 2.05) is 18.2 Å². The molecule has 0 bridgehead atoms. The first-order valence-electron chi connectivity index (χ1n) is 6.77. The average molecular weight is 301 g/mol. The molecule has 3 aromatic rings. The number of hydrogen-bond donors (Lipinski definition) is 1. The normalized spacial score (nSPS) is 17.5. The second-order valence-corrected chi connectivity index (χ2v) is 5.62. The van der Waals surface area contributed by atoms with Crippen LogP contribution >= 0.6 is 11.6 Å². The van der Waals surface area contributed by atoms with Crippen LogP contribution in [0.3, 0.4) is 0 Å². The lowest BCUT2D eigenvalue weighted by Gasteiger charge is -2.22. The van der Waals surface area contributed by atoms with Gasteiger partial charge in [0.2, 0.25) is 5.89 Å². The molecule has 0 aliphatic carbocycles. The Kier molecular flexibility index (Phi) is 2.79. The molecule has 1 aliphatic heterocycles. The maximum Gasteiger partial charge on any atom is 0.202 e. The number of oxazole rings is 1. The Hall–Kier alpha value is -2.20. The second kappa shape index (κ2) is 4.67. The number of aromatic nitrogens is 1. The van der Waals surface area contributed by atoms with Crippen molar-refractivity contribution in [2.24, 2.45) is 0 Å². The first kappa shape index (κ1) is 12.5. The van der Waals surface area contributed by atoms with Crippen LogP contribution < -0.4 is 10.5 Å². The predicted molar refractivity (Wildman–Crippen MR) is 81.8 cm³/mol. The molecular weight excluding hydrogens is 288 g/mol. The van der Waals surface area contributed by atoms with Gasteiger partial charge in [-0.1, -0.05) is 29.8 Å². The number of fused-ring (bicyclic) bond motifs is 2. The van der Waals surface area contributed by atoms with E-state index in [0.29, 0.717) is 28.8 Å². The molecule has 1 atom stereocenters. The van der Waals surface area contributed by atoms with Crippen molar-refractivity contribution < 1.29 is 9.15 Å². The Morgan fingerprint density at radius 2 is 2.10 bits per heavy atom. The number of ether oxygens (including phenoxy) is 1. The SMILES string of the molecule is Nc1cc2oc(C3COc4ccccc4C3)nc2cc1Cl. The van der Waals surface area contributed by atoms with Crippen LogP contribution in [0, 0.1) is 0 Å². The van der Waals surface area contributed by atoms with Crippen molar-refractivity contribution in [3.05, 3.63) is 52.9 Å². The fourth-order valence-corrected chi connectivity index (χ4v) is 2.80. The highest BCUT2D eigenvalue weighted by molar-refractivity contribution is 6.33. The van der Waals surface area contributed by atoms with E-state index in [1.54, 1.807) is 12.1 Å². The molecule has 0 radical (unpaired) electrons. The highest BCUT2D eigenvalue weighted by atomic mass is 35.5. The Bertz CT molecular complexity index is 789. The van der Waals surface area contributed by atoms with Crippen molar-refractivity contribution in [2.45, 2.75) is 12.3 Å². The Morgan fingerprint density at radius 3 is 3.00 bits per heavy atom. The minimum atomic E-state index is 0.104. The van der Waals surface area contributed by atoms with Crippen LogP contribution in [-0.4, -0.2) is 11.6 Å². The molecule has 21 heavy (non-hydrogen) atoms. The lowest BCUT2D eigenvalue weighted by Crippen LogP contribution is -2.19. The van der Waals surface area contributed by atoms with Gasteiger partial charge in [-0.3, -0.25) is 0 Å². The Labute approximate surface area is 126 Å². The molecule has 1 aliphatic rings. The van der Waals surface area contributed by atoms with Gasteiger partial charge in [0.1, 0.15) is 17.9 Å². The molecule has 5 heteroatoms. The highest BCUT2D eigenvalue weighted by Gasteiger charge is 2.25. The van der Waals surface area contributed by atoms with Gasteiger partial charge in [-0.05, 0) is 24.1 Å². The van der Waals surface area contributed by atoms with Crippen LogP contribution in [0.25, 0.3) is 11.1 Å². The van der Waals surface area contributed by atoms with E-state index >= 15 is 0 Å². The number of nitrogens with two attached hydrogens (primary N) is 1. The molecule has 1 aromatic heterocycles. The van der Waals surface area contributed by atoms with Crippen LogP contribution in [0.1, 0.15) is 17.4 Å². The largest absolute Gasteiger partial charge is 0.492 e. The van der Waals surface area contributed by atoms with Crippen LogP contribution in [-0.2, 0) is 6.42 Å². The molecule has 106 valence electrons. The lowest BCUT2D eigenvalue weighted by molar-refractivity contribution is 0.243. The lowest BCUT2D eigenvalue weighted by atomic mass is 9.97. The molecule has 4 nitrogen and oxygen atoms in total. The summed E-state index contributed by atoms with van der Waals surface area (Å²) < 4.78 is 11.6. The zero-order chi connectivity index (χ0) is 14.4. The molecule has 1 unspecified atom stereocenters. The van der Waals surface area contributed by atoms with E-state index in [-0.39, 0.29) is 5.92 Å². The summed E-state index contributed by atoms with van der Waals surface area (Å²) in [7, 11) is 0. The number of nitrogen functional groups attached to an aromatic ring is 1. The third kappa shape index (κ3) is 2.12. The van der Waals surface area contributed by atoms with E-state index in [9.17, 15) is 0 Å². The zero-order valence-electron chi connectivity index (χ0n) is 11.2. The topological polar surface area (TPSA) is 61.3 Å². The van der Waals surface area contributed by atoms with E-state index < -0.39 is 0 Å². The molecule has 2 N–H and O–H groups in total. The maximum absolute atomic E-state index is 6.02. The number of hydrogen-bond acceptors (Lipinski definition) is 4. The molecule has 0 saturated carbocycles. The number of rotatable bonds is 1. The highest BCUT2D eigenvalue weighted by Crippen LogP contribution is 2.34. The Balaban J connectivity index is 1.71. The van der Waals surface area contributed by atoms with Crippen molar-refractivity contribution in [1.82, 2.24) is 4.98 Å². The van der Waals surface area contributed by atoms with Crippen LogP contribution in [0.2, 0.25) is 5.02 Å². The average Bonchev–Trinajstić information content (AvgIpc) is 2.90. The molecule has 0 fully saturated rings. The van der Waals surface area contributed by atoms with Crippen LogP contribution in [0.5, 0.6) is 5.75 Å². The van der Waals surface area contributed by atoms with E-state index in [4.69, 9.17) is 26.5 Å². The van der Waals surface area contributed by atoms with E-state index in [2.05, 4.69) is 11.1 Å². The van der Waals surface area contributed by atoms with Crippen LogP contribution in [0.15, 0.2) is 40.8 Å². The van der Waals surface area contributed by atoms with Gasteiger partial charge in [-0.2, -0.15) is 0 Å².